The van der Waals surface area contributed by atoms with Crippen molar-refractivity contribution in [2.45, 2.75) is 39.2 Å². The molecule has 0 bridgehead atoms. The van der Waals surface area contributed by atoms with Crippen LogP contribution in [0.2, 0.25) is 0 Å². The van der Waals surface area contributed by atoms with E-state index < -0.39 is 0 Å². The van der Waals surface area contributed by atoms with Crippen molar-refractivity contribution in [3.8, 4) is 0 Å². The predicted molar refractivity (Wildman–Crippen MR) is 81.6 cm³/mol. The number of hydrogen-bond donors (Lipinski definition) is 1. The van der Waals surface area contributed by atoms with Crippen LogP contribution in [0.25, 0.3) is 0 Å². The van der Waals surface area contributed by atoms with Gasteiger partial charge < -0.3 is 5.32 Å². The fraction of sp³-hybridized carbons (Fsp3) is 0.333. The van der Waals surface area contributed by atoms with Crippen molar-refractivity contribution < 1.29 is 0 Å². The molecule has 1 aliphatic carbocycles. The summed E-state index contributed by atoms with van der Waals surface area (Å²) in [7, 11) is 0. The Morgan fingerprint density at radius 3 is 2.63 bits per heavy atom. The Morgan fingerprint density at radius 2 is 1.79 bits per heavy atom. The molecule has 0 saturated heterocycles. The molecule has 0 aromatic heterocycles. The summed E-state index contributed by atoms with van der Waals surface area (Å²) in [6.07, 6.45) is 5.23. The van der Waals surface area contributed by atoms with Crippen LogP contribution < -0.4 is 5.32 Å². The number of aryl methyl sites for hydroxylation is 3. The largest absolute Gasteiger partial charge is 0.381 e. The molecule has 1 aliphatic rings. The Labute approximate surface area is 115 Å². The van der Waals surface area contributed by atoms with Crippen molar-refractivity contribution in [2.75, 3.05) is 5.32 Å². The molecule has 0 unspecified atom stereocenters. The fourth-order valence-corrected chi connectivity index (χ4v) is 2.86. The third-order valence-electron chi connectivity index (χ3n) is 3.93. The van der Waals surface area contributed by atoms with Gasteiger partial charge in [0.25, 0.3) is 0 Å². The molecule has 1 nitrogen and oxygen atoms in total. The van der Waals surface area contributed by atoms with Crippen molar-refractivity contribution in [3.05, 3.63) is 64.7 Å². The summed E-state index contributed by atoms with van der Waals surface area (Å²) in [5.74, 6) is 0. The van der Waals surface area contributed by atoms with Gasteiger partial charge in [-0.15, -0.1) is 0 Å². The van der Waals surface area contributed by atoms with E-state index in [9.17, 15) is 0 Å². The third-order valence-corrected chi connectivity index (χ3v) is 3.93. The van der Waals surface area contributed by atoms with E-state index in [1.54, 1.807) is 11.1 Å². The smallest absolute Gasteiger partial charge is 0.0400 e. The first kappa shape index (κ1) is 12.3. The lowest BCUT2D eigenvalue weighted by Gasteiger charge is -2.17. The molecule has 0 amide bonds. The topological polar surface area (TPSA) is 12.0 Å². The number of hydrogen-bond acceptors (Lipinski definition) is 1. The summed E-state index contributed by atoms with van der Waals surface area (Å²) >= 11 is 0. The van der Waals surface area contributed by atoms with Gasteiger partial charge in [0, 0.05) is 12.2 Å². The Hall–Kier alpha value is -1.76. The van der Waals surface area contributed by atoms with Crippen LogP contribution >= 0.6 is 0 Å². The van der Waals surface area contributed by atoms with Gasteiger partial charge in [0.05, 0.1) is 0 Å². The summed E-state index contributed by atoms with van der Waals surface area (Å²) in [6.45, 7) is 3.04. The number of fused-ring (bicyclic) bond motifs is 1. The van der Waals surface area contributed by atoms with E-state index in [4.69, 9.17) is 0 Å². The average molecular weight is 251 g/mol. The van der Waals surface area contributed by atoms with E-state index in [0.29, 0.717) is 0 Å². The van der Waals surface area contributed by atoms with E-state index in [1.807, 2.05) is 0 Å². The summed E-state index contributed by atoms with van der Waals surface area (Å²) in [6, 6.07) is 15.5. The quantitative estimate of drug-likeness (QED) is 0.847. The highest BCUT2D eigenvalue weighted by Gasteiger charge is 2.09. The normalized spacial score (nSPS) is 13.9. The molecule has 1 heteroatoms. The van der Waals surface area contributed by atoms with Gasteiger partial charge >= 0.3 is 0 Å². The second kappa shape index (κ2) is 5.48. The Kier molecular flexibility index (Phi) is 3.54. The maximum Gasteiger partial charge on any atom is 0.0400 e. The van der Waals surface area contributed by atoms with E-state index in [1.165, 1.54) is 42.5 Å². The van der Waals surface area contributed by atoms with Crippen molar-refractivity contribution in [1.82, 2.24) is 0 Å². The highest BCUT2D eigenvalue weighted by Crippen LogP contribution is 2.22. The lowest BCUT2D eigenvalue weighted by molar-refractivity contribution is 0.684. The lowest BCUT2D eigenvalue weighted by Crippen LogP contribution is -2.05. The van der Waals surface area contributed by atoms with E-state index in [2.05, 4.69) is 54.7 Å². The number of nitrogens with one attached hydrogen (secondary N) is 1. The van der Waals surface area contributed by atoms with Crippen molar-refractivity contribution >= 4 is 5.69 Å². The zero-order valence-electron chi connectivity index (χ0n) is 11.6. The lowest BCUT2D eigenvalue weighted by atomic mass is 9.90. The second-order valence-electron chi connectivity index (χ2n) is 5.53. The van der Waals surface area contributed by atoms with Crippen LogP contribution in [0.15, 0.2) is 42.5 Å². The zero-order valence-corrected chi connectivity index (χ0v) is 11.6. The standard InChI is InChI=1S/C18H21N/c1-14-5-4-8-18(11-14)19-13-15-9-10-16-6-2-3-7-17(16)12-15/h4-5,8-12,19H,2-3,6-7,13H2,1H3. The molecule has 0 atom stereocenters. The van der Waals surface area contributed by atoms with Gasteiger partial charge in [0.1, 0.15) is 0 Å². The number of rotatable bonds is 3. The van der Waals surface area contributed by atoms with Gasteiger partial charge in [0.2, 0.25) is 0 Å². The molecule has 0 spiro atoms. The van der Waals surface area contributed by atoms with E-state index >= 15 is 0 Å². The summed E-state index contributed by atoms with van der Waals surface area (Å²) in [4.78, 5) is 0. The fourth-order valence-electron chi connectivity index (χ4n) is 2.86. The monoisotopic (exact) mass is 251 g/mol. The molecule has 0 radical (unpaired) electrons. The predicted octanol–water partition coefficient (Wildman–Crippen LogP) is 4.49. The minimum absolute atomic E-state index is 0.913. The first-order valence-corrected chi connectivity index (χ1v) is 7.22. The Balaban J connectivity index is 1.70. The van der Waals surface area contributed by atoms with Gasteiger partial charge in [-0.3, -0.25) is 0 Å². The van der Waals surface area contributed by atoms with Gasteiger partial charge in [0.15, 0.2) is 0 Å². The van der Waals surface area contributed by atoms with Crippen LogP contribution in [0, 0.1) is 6.92 Å². The molecule has 0 saturated carbocycles. The van der Waals surface area contributed by atoms with E-state index in [0.717, 1.165) is 6.54 Å². The highest BCUT2D eigenvalue weighted by molar-refractivity contribution is 5.46. The van der Waals surface area contributed by atoms with Gasteiger partial charge in [-0.25, -0.2) is 0 Å². The number of benzene rings is 2. The van der Waals surface area contributed by atoms with Crippen LogP contribution in [0.4, 0.5) is 5.69 Å². The van der Waals surface area contributed by atoms with Crippen molar-refractivity contribution in [3.63, 3.8) is 0 Å². The highest BCUT2D eigenvalue weighted by atomic mass is 14.9. The molecule has 0 heterocycles. The minimum atomic E-state index is 0.913. The molecule has 1 N–H and O–H groups in total. The van der Waals surface area contributed by atoms with Gasteiger partial charge in [-0.05, 0) is 67.0 Å². The van der Waals surface area contributed by atoms with Gasteiger partial charge in [-0.1, -0.05) is 30.3 Å². The third kappa shape index (κ3) is 2.98. The van der Waals surface area contributed by atoms with E-state index in [-0.39, 0.29) is 0 Å². The SMILES string of the molecule is Cc1cccc(NCc2ccc3c(c2)CCCC3)c1. The molecule has 2 aromatic rings. The first-order valence-electron chi connectivity index (χ1n) is 7.22. The van der Waals surface area contributed by atoms with Crippen LogP contribution in [-0.4, -0.2) is 0 Å². The molecule has 0 fully saturated rings. The Bertz CT molecular complexity index is 572. The molecular formula is C18H21N. The number of anilines is 1. The maximum absolute atomic E-state index is 3.51. The van der Waals surface area contributed by atoms with Crippen molar-refractivity contribution in [2.24, 2.45) is 0 Å². The van der Waals surface area contributed by atoms with Gasteiger partial charge in [-0.2, -0.15) is 0 Å². The van der Waals surface area contributed by atoms with Crippen molar-refractivity contribution in [1.29, 1.82) is 0 Å². The molecular weight excluding hydrogens is 230 g/mol. The molecule has 2 aromatic carbocycles. The summed E-state index contributed by atoms with van der Waals surface area (Å²) in [5, 5.41) is 3.51. The minimum Gasteiger partial charge on any atom is -0.381 e. The maximum atomic E-state index is 3.51. The van der Waals surface area contributed by atoms with Crippen LogP contribution in [0.1, 0.15) is 35.1 Å². The molecule has 19 heavy (non-hydrogen) atoms. The van der Waals surface area contributed by atoms with Crippen LogP contribution in [-0.2, 0) is 19.4 Å². The second-order valence-corrected chi connectivity index (χ2v) is 5.53. The zero-order chi connectivity index (χ0) is 13.1. The summed E-state index contributed by atoms with van der Waals surface area (Å²) in [5.41, 5.74) is 7.02. The molecule has 0 aliphatic heterocycles. The van der Waals surface area contributed by atoms with Crippen LogP contribution in [0.5, 0.6) is 0 Å². The molecule has 98 valence electrons. The average Bonchev–Trinajstić information content (AvgIpc) is 2.45. The molecule has 3 rings (SSSR count). The first-order chi connectivity index (χ1) is 9.31. The summed E-state index contributed by atoms with van der Waals surface area (Å²) < 4.78 is 0. The Morgan fingerprint density at radius 1 is 0.947 bits per heavy atom. The van der Waals surface area contributed by atoms with Crippen LogP contribution in [0.3, 0.4) is 0 Å².